The molecule has 4 heteroatoms. The van der Waals surface area contributed by atoms with Crippen LogP contribution in [-0.4, -0.2) is 16.3 Å². The van der Waals surface area contributed by atoms with Crippen molar-refractivity contribution < 1.29 is 14.3 Å². The van der Waals surface area contributed by atoms with E-state index >= 15 is 0 Å². The maximum Gasteiger partial charge on any atom is 0.418 e. The number of aromatic nitrogens is 1. The Morgan fingerprint density at radius 1 is 0.867 bits per heavy atom. The number of carbonyl (C=O) groups is 1. The van der Waals surface area contributed by atoms with Crippen molar-refractivity contribution >= 4 is 17.0 Å². The van der Waals surface area contributed by atoms with E-state index in [2.05, 4.69) is 6.07 Å². The van der Waals surface area contributed by atoms with Crippen molar-refractivity contribution in [2.75, 3.05) is 0 Å². The highest BCUT2D eigenvalue weighted by molar-refractivity contribution is 5.92. The van der Waals surface area contributed by atoms with Gasteiger partial charge in [0.15, 0.2) is 0 Å². The zero-order chi connectivity index (χ0) is 21.1. The Morgan fingerprint density at radius 2 is 1.57 bits per heavy atom. The van der Waals surface area contributed by atoms with Gasteiger partial charge in [-0.2, -0.15) is 0 Å². The molecule has 0 fully saturated rings. The van der Waals surface area contributed by atoms with Crippen LogP contribution in [0.4, 0.5) is 4.79 Å². The van der Waals surface area contributed by atoms with E-state index in [1.165, 1.54) is 0 Å². The Balaban J connectivity index is 1.50. The highest BCUT2D eigenvalue weighted by atomic mass is 16.6. The summed E-state index contributed by atoms with van der Waals surface area (Å²) in [5, 5.41) is 0.989. The molecule has 30 heavy (non-hydrogen) atoms. The summed E-state index contributed by atoms with van der Waals surface area (Å²) in [6.45, 7) is 6.14. The summed E-state index contributed by atoms with van der Waals surface area (Å²) in [4.78, 5) is 12.4. The first-order valence-corrected chi connectivity index (χ1v) is 10.0. The second-order valence-electron chi connectivity index (χ2n) is 8.24. The van der Waals surface area contributed by atoms with Gasteiger partial charge in [-0.25, -0.2) is 4.79 Å². The van der Waals surface area contributed by atoms with Gasteiger partial charge >= 0.3 is 6.09 Å². The van der Waals surface area contributed by atoms with Crippen molar-refractivity contribution in [1.29, 1.82) is 0 Å². The molecule has 0 aliphatic carbocycles. The summed E-state index contributed by atoms with van der Waals surface area (Å²) in [5.41, 5.74) is 3.61. The molecule has 4 rings (SSSR count). The van der Waals surface area contributed by atoms with Gasteiger partial charge < -0.3 is 9.47 Å². The standard InChI is InChI=1S/C26H25NO3/c1-26(2,3)30-25(28)27-16-15-22-17-21(11-14-24(22)27)20-9-12-23(13-10-20)29-18-19-7-5-4-6-8-19/h4-17H,18H2,1-3H3. The molecule has 1 heterocycles. The van der Waals surface area contributed by atoms with E-state index in [0.29, 0.717) is 6.61 Å². The normalized spacial score (nSPS) is 11.4. The number of ether oxygens (including phenoxy) is 2. The van der Waals surface area contributed by atoms with Crippen LogP contribution in [0.5, 0.6) is 5.75 Å². The van der Waals surface area contributed by atoms with Crippen LogP contribution in [0.25, 0.3) is 22.0 Å². The van der Waals surface area contributed by atoms with E-state index in [0.717, 1.165) is 33.3 Å². The van der Waals surface area contributed by atoms with Crippen LogP contribution >= 0.6 is 0 Å². The first kappa shape index (κ1) is 19.8. The molecule has 0 unspecified atom stereocenters. The van der Waals surface area contributed by atoms with Crippen molar-refractivity contribution in [3.63, 3.8) is 0 Å². The number of carbonyl (C=O) groups excluding carboxylic acids is 1. The smallest absolute Gasteiger partial charge is 0.418 e. The molecule has 0 saturated heterocycles. The quantitative estimate of drug-likeness (QED) is 0.385. The van der Waals surface area contributed by atoms with Crippen molar-refractivity contribution in [2.45, 2.75) is 33.0 Å². The second kappa shape index (κ2) is 8.07. The highest BCUT2D eigenvalue weighted by Crippen LogP contribution is 2.27. The lowest BCUT2D eigenvalue weighted by Gasteiger charge is -2.19. The first-order valence-electron chi connectivity index (χ1n) is 10.0. The molecule has 152 valence electrons. The van der Waals surface area contributed by atoms with Gasteiger partial charge in [0.2, 0.25) is 0 Å². The molecule has 0 amide bonds. The summed E-state index contributed by atoms with van der Waals surface area (Å²) >= 11 is 0. The minimum atomic E-state index is -0.530. The van der Waals surface area contributed by atoms with Gasteiger partial charge in [0, 0.05) is 11.6 Å². The Morgan fingerprint density at radius 3 is 2.27 bits per heavy atom. The summed E-state index contributed by atoms with van der Waals surface area (Å²) in [6, 6.07) is 26.1. The maximum atomic E-state index is 12.4. The molecule has 0 N–H and O–H groups in total. The lowest BCUT2D eigenvalue weighted by Crippen LogP contribution is -2.26. The number of hydrogen-bond acceptors (Lipinski definition) is 3. The van der Waals surface area contributed by atoms with Crippen LogP contribution < -0.4 is 4.74 Å². The Kier molecular flexibility index (Phi) is 5.32. The topological polar surface area (TPSA) is 40.5 Å². The number of nitrogens with zero attached hydrogens (tertiary/aromatic N) is 1. The average molecular weight is 399 g/mol. The fourth-order valence-electron chi connectivity index (χ4n) is 3.28. The van der Waals surface area contributed by atoms with Crippen LogP contribution in [0.15, 0.2) is 85.1 Å². The van der Waals surface area contributed by atoms with Crippen LogP contribution in [0.3, 0.4) is 0 Å². The van der Waals surface area contributed by atoms with E-state index < -0.39 is 5.60 Å². The molecule has 0 aliphatic heterocycles. The zero-order valence-corrected chi connectivity index (χ0v) is 17.5. The molecule has 0 bridgehead atoms. The largest absolute Gasteiger partial charge is 0.489 e. The lowest BCUT2D eigenvalue weighted by atomic mass is 10.0. The second-order valence-corrected chi connectivity index (χ2v) is 8.24. The zero-order valence-electron chi connectivity index (χ0n) is 17.5. The predicted octanol–water partition coefficient (Wildman–Crippen LogP) is 6.67. The van der Waals surface area contributed by atoms with E-state index in [1.807, 2.05) is 93.6 Å². The van der Waals surface area contributed by atoms with Crippen LogP contribution in [0, 0.1) is 0 Å². The summed E-state index contributed by atoms with van der Waals surface area (Å²) in [7, 11) is 0. The fraction of sp³-hybridized carbons (Fsp3) is 0.192. The third kappa shape index (κ3) is 4.54. The first-order chi connectivity index (χ1) is 14.4. The van der Waals surface area contributed by atoms with Gasteiger partial charge in [0.1, 0.15) is 18.0 Å². The molecule has 1 aromatic heterocycles. The highest BCUT2D eigenvalue weighted by Gasteiger charge is 2.19. The average Bonchev–Trinajstić information content (AvgIpc) is 3.16. The molecule has 0 saturated carbocycles. The Bertz CT molecular complexity index is 1150. The van der Waals surface area contributed by atoms with E-state index in [9.17, 15) is 4.79 Å². The minimum Gasteiger partial charge on any atom is -0.489 e. The summed E-state index contributed by atoms with van der Waals surface area (Å²) in [5.74, 6) is 0.833. The van der Waals surface area contributed by atoms with E-state index in [4.69, 9.17) is 9.47 Å². The van der Waals surface area contributed by atoms with Gasteiger partial charge in [-0.05, 0) is 67.8 Å². The maximum absolute atomic E-state index is 12.4. The van der Waals surface area contributed by atoms with Gasteiger partial charge in [0.25, 0.3) is 0 Å². The van der Waals surface area contributed by atoms with Crippen molar-refractivity contribution in [3.8, 4) is 16.9 Å². The molecule has 0 atom stereocenters. The molecule has 0 spiro atoms. The van der Waals surface area contributed by atoms with Gasteiger partial charge in [-0.15, -0.1) is 0 Å². The van der Waals surface area contributed by atoms with Gasteiger partial charge in [0.05, 0.1) is 5.52 Å². The fourth-order valence-corrected chi connectivity index (χ4v) is 3.28. The Hall–Kier alpha value is -3.53. The predicted molar refractivity (Wildman–Crippen MR) is 120 cm³/mol. The number of benzene rings is 3. The Labute approximate surface area is 176 Å². The third-order valence-corrected chi connectivity index (χ3v) is 4.72. The van der Waals surface area contributed by atoms with Gasteiger partial charge in [-0.3, -0.25) is 4.57 Å². The third-order valence-electron chi connectivity index (χ3n) is 4.72. The molecule has 4 nitrogen and oxygen atoms in total. The van der Waals surface area contributed by atoms with Crippen molar-refractivity contribution in [2.24, 2.45) is 0 Å². The molecule has 0 radical (unpaired) electrons. The monoisotopic (exact) mass is 399 g/mol. The van der Waals surface area contributed by atoms with Crippen molar-refractivity contribution in [1.82, 2.24) is 4.57 Å². The molecular weight excluding hydrogens is 374 g/mol. The molecule has 3 aromatic carbocycles. The lowest BCUT2D eigenvalue weighted by molar-refractivity contribution is 0.0544. The summed E-state index contributed by atoms with van der Waals surface area (Å²) < 4.78 is 12.9. The van der Waals surface area contributed by atoms with Crippen molar-refractivity contribution in [3.05, 3.63) is 90.6 Å². The van der Waals surface area contributed by atoms with Crippen LogP contribution in [0.1, 0.15) is 26.3 Å². The number of hydrogen-bond donors (Lipinski definition) is 0. The van der Waals surface area contributed by atoms with E-state index in [1.54, 1.807) is 10.8 Å². The molecule has 4 aromatic rings. The number of rotatable bonds is 4. The SMILES string of the molecule is CC(C)(C)OC(=O)n1ccc2cc(-c3ccc(OCc4ccccc4)cc3)ccc21. The van der Waals surface area contributed by atoms with E-state index in [-0.39, 0.29) is 6.09 Å². The van der Waals surface area contributed by atoms with Gasteiger partial charge in [-0.1, -0.05) is 48.5 Å². The van der Waals surface area contributed by atoms with Crippen LogP contribution in [-0.2, 0) is 11.3 Å². The van der Waals surface area contributed by atoms with Crippen LogP contribution in [0.2, 0.25) is 0 Å². The molecule has 0 aliphatic rings. The minimum absolute atomic E-state index is 0.370. The number of fused-ring (bicyclic) bond motifs is 1. The molecular formula is C26H25NO3. The summed E-state index contributed by atoms with van der Waals surface area (Å²) in [6.07, 6.45) is 1.38.